The van der Waals surface area contributed by atoms with E-state index in [1.54, 1.807) is 14.2 Å². The minimum absolute atomic E-state index is 0.739. The van der Waals surface area contributed by atoms with E-state index in [1.807, 2.05) is 58.7 Å². The van der Waals surface area contributed by atoms with Crippen molar-refractivity contribution in [1.82, 2.24) is 18.6 Å². The third kappa shape index (κ3) is 9.51. The van der Waals surface area contributed by atoms with Crippen LogP contribution in [0.4, 0.5) is 0 Å². The molecule has 2 aromatic heterocycles. The summed E-state index contributed by atoms with van der Waals surface area (Å²) in [4.78, 5) is 9.81. The van der Waals surface area contributed by atoms with Gasteiger partial charge < -0.3 is 9.47 Å². The molecule has 50 heavy (non-hydrogen) atoms. The van der Waals surface area contributed by atoms with Gasteiger partial charge in [-0.15, -0.1) is 22.7 Å². The van der Waals surface area contributed by atoms with Gasteiger partial charge in [-0.1, -0.05) is 77.0 Å². The average molecular weight is 753 g/mol. The van der Waals surface area contributed by atoms with Gasteiger partial charge in [0, 0.05) is 30.2 Å². The predicted octanol–water partition coefficient (Wildman–Crippen LogP) is 12.6. The zero-order chi connectivity index (χ0) is 34.1. The number of nitrogens with zero attached hydrogens (tertiary/aromatic N) is 4. The lowest BCUT2D eigenvalue weighted by Gasteiger charge is -2.40. The summed E-state index contributed by atoms with van der Waals surface area (Å²) < 4.78 is 21.1. The summed E-state index contributed by atoms with van der Waals surface area (Å²) in [6.07, 6.45) is 27.7. The van der Waals surface area contributed by atoms with Gasteiger partial charge in [0.25, 0.3) is 0 Å². The number of hydrogen-bond acceptors (Lipinski definition) is 10. The predicted molar refractivity (Wildman–Crippen MR) is 215 cm³/mol. The fourth-order valence-electron chi connectivity index (χ4n) is 8.52. The van der Waals surface area contributed by atoms with Crippen molar-refractivity contribution in [3.8, 4) is 11.5 Å². The molecule has 0 N–H and O–H groups in total. The summed E-state index contributed by atoms with van der Waals surface area (Å²) in [5.41, 5.74) is 2.17. The van der Waals surface area contributed by atoms with Gasteiger partial charge in [0.15, 0.2) is 8.68 Å². The Bertz CT molecular complexity index is 1460. The Balaban J connectivity index is 0.000000157. The van der Waals surface area contributed by atoms with E-state index in [0.717, 1.165) is 46.7 Å². The highest BCUT2D eigenvalue weighted by atomic mass is 32.2. The number of benzene rings is 2. The minimum Gasteiger partial charge on any atom is -0.497 e. The van der Waals surface area contributed by atoms with E-state index in [0.29, 0.717) is 0 Å². The van der Waals surface area contributed by atoms with Crippen molar-refractivity contribution in [2.45, 2.75) is 161 Å². The van der Waals surface area contributed by atoms with Crippen LogP contribution in [0.1, 0.15) is 128 Å². The molecule has 2 heterocycles. The SMILES string of the molecule is COc1ccc2nc(SN(C3CCCCC3)C3CCCCC3)sc2c1.COc1ccc2sc(SN(C3CCCCC3)C3CCCCC3)nc2c1. The highest BCUT2D eigenvalue weighted by Gasteiger charge is 2.32. The van der Waals surface area contributed by atoms with E-state index in [9.17, 15) is 0 Å². The molecular formula is C40H56N4O2S4. The summed E-state index contributed by atoms with van der Waals surface area (Å²) in [7, 11) is 3.45. The minimum atomic E-state index is 0.739. The second-order valence-corrected chi connectivity index (χ2v) is 19.3. The van der Waals surface area contributed by atoms with Crippen LogP contribution in [0.2, 0.25) is 0 Å². The maximum Gasteiger partial charge on any atom is 0.166 e. The van der Waals surface area contributed by atoms with Crippen LogP contribution in [0.15, 0.2) is 45.1 Å². The first kappa shape index (κ1) is 36.8. The Morgan fingerprint density at radius 2 is 0.900 bits per heavy atom. The first-order valence-corrected chi connectivity index (χ1v) is 22.7. The van der Waals surface area contributed by atoms with Crippen molar-refractivity contribution in [3.05, 3.63) is 36.4 Å². The Morgan fingerprint density at radius 3 is 1.36 bits per heavy atom. The number of methoxy groups -OCH3 is 2. The van der Waals surface area contributed by atoms with Crippen molar-refractivity contribution < 1.29 is 9.47 Å². The normalized spacial score (nSPS) is 20.4. The Labute approximate surface area is 316 Å². The zero-order valence-corrected chi connectivity index (χ0v) is 33.4. The molecule has 4 aromatic rings. The smallest absolute Gasteiger partial charge is 0.166 e. The molecule has 4 fully saturated rings. The second-order valence-electron chi connectivity index (χ2n) is 14.7. The first-order valence-electron chi connectivity index (χ1n) is 19.5. The molecule has 4 saturated carbocycles. The van der Waals surface area contributed by atoms with E-state index in [2.05, 4.69) is 32.9 Å². The molecule has 0 unspecified atom stereocenters. The van der Waals surface area contributed by atoms with Crippen LogP contribution in [0.25, 0.3) is 20.4 Å². The van der Waals surface area contributed by atoms with Gasteiger partial charge in [-0.2, -0.15) is 0 Å². The number of ether oxygens (including phenoxy) is 2. The summed E-state index contributed by atoms with van der Waals surface area (Å²) >= 11 is 7.52. The molecular weight excluding hydrogens is 697 g/mol. The standard InChI is InChI=1S/2C20H28N2OS2/c1-23-17-12-13-19-18(14-17)21-20(24-19)25-22(15-8-4-2-5-9-15)16-10-6-3-7-11-16;1-23-17-12-13-18-19(14-17)24-20(21-18)25-22(15-8-4-2-5-9-15)16-10-6-3-7-11-16/h2*12-16H,2-11H2,1H3. The number of fused-ring (bicyclic) bond motifs is 2. The lowest BCUT2D eigenvalue weighted by Crippen LogP contribution is -2.40. The van der Waals surface area contributed by atoms with E-state index in [4.69, 9.17) is 19.4 Å². The maximum atomic E-state index is 5.36. The van der Waals surface area contributed by atoms with Gasteiger partial charge in [-0.05, 0) is 106 Å². The van der Waals surface area contributed by atoms with Crippen LogP contribution in [0.3, 0.4) is 0 Å². The molecule has 6 nitrogen and oxygen atoms in total. The van der Waals surface area contributed by atoms with Crippen molar-refractivity contribution >= 4 is 67.0 Å². The van der Waals surface area contributed by atoms with Gasteiger partial charge in [-0.25, -0.2) is 18.6 Å². The Kier molecular flexibility index (Phi) is 13.6. The summed E-state index contributed by atoms with van der Waals surface area (Å²) in [6.45, 7) is 0. The van der Waals surface area contributed by atoms with Crippen LogP contribution in [-0.4, -0.2) is 57.0 Å². The highest BCUT2D eigenvalue weighted by Crippen LogP contribution is 2.42. The van der Waals surface area contributed by atoms with E-state index in [-0.39, 0.29) is 0 Å². The average Bonchev–Trinajstić information content (AvgIpc) is 3.80. The quantitative estimate of drug-likeness (QED) is 0.148. The third-order valence-electron chi connectivity index (χ3n) is 11.3. The van der Waals surface area contributed by atoms with E-state index in [1.165, 1.54) is 146 Å². The van der Waals surface area contributed by atoms with Crippen LogP contribution in [0.5, 0.6) is 11.5 Å². The fourth-order valence-corrected chi connectivity index (χ4v) is 13.4. The molecule has 272 valence electrons. The molecule has 4 aliphatic rings. The molecule has 0 atom stereocenters. The first-order chi connectivity index (χ1) is 24.7. The number of hydrogen-bond donors (Lipinski definition) is 0. The van der Waals surface area contributed by atoms with Crippen LogP contribution in [0, 0.1) is 0 Å². The van der Waals surface area contributed by atoms with Gasteiger partial charge in [-0.3, -0.25) is 0 Å². The van der Waals surface area contributed by atoms with Crippen molar-refractivity contribution in [1.29, 1.82) is 0 Å². The van der Waals surface area contributed by atoms with E-state index < -0.39 is 0 Å². The molecule has 8 rings (SSSR count). The Hall–Kier alpha value is -1.56. The molecule has 0 amide bonds. The summed E-state index contributed by atoms with van der Waals surface area (Å²) in [6, 6.07) is 15.4. The summed E-state index contributed by atoms with van der Waals surface area (Å²) in [5.74, 6) is 1.81. The fraction of sp³-hybridized carbons (Fsp3) is 0.650. The molecule has 0 radical (unpaired) electrons. The summed E-state index contributed by atoms with van der Waals surface area (Å²) in [5, 5.41) is 0. The number of thiazole rings is 2. The van der Waals surface area contributed by atoms with Crippen LogP contribution < -0.4 is 9.47 Å². The lowest BCUT2D eigenvalue weighted by molar-refractivity contribution is 0.184. The van der Waals surface area contributed by atoms with Crippen LogP contribution in [-0.2, 0) is 0 Å². The van der Waals surface area contributed by atoms with E-state index >= 15 is 0 Å². The maximum absolute atomic E-state index is 5.36. The lowest BCUT2D eigenvalue weighted by atomic mass is 9.91. The molecule has 0 saturated heterocycles. The molecule has 2 aromatic carbocycles. The molecule has 10 heteroatoms. The van der Waals surface area contributed by atoms with Crippen molar-refractivity contribution in [2.75, 3.05) is 14.2 Å². The van der Waals surface area contributed by atoms with Crippen LogP contribution >= 0.6 is 46.6 Å². The van der Waals surface area contributed by atoms with Gasteiger partial charge >= 0.3 is 0 Å². The Morgan fingerprint density at radius 1 is 0.500 bits per heavy atom. The molecule has 0 aliphatic heterocycles. The monoisotopic (exact) mass is 752 g/mol. The molecule has 0 bridgehead atoms. The zero-order valence-electron chi connectivity index (χ0n) is 30.2. The number of rotatable bonds is 10. The van der Waals surface area contributed by atoms with Crippen molar-refractivity contribution in [3.63, 3.8) is 0 Å². The third-order valence-corrected chi connectivity index (χ3v) is 16.0. The largest absolute Gasteiger partial charge is 0.497 e. The molecule has 0 spiro atoms. The van der Waals surface area contributed by atoms with Gasteiger partial charge in [0.1, 0.15) is 11.5 Å². The number of aromatic nitrogens is 2. The highest BCUT2D eigenvalue weighted by molar-refractivity contribution is 7.99. The molecule has 4 aliphatic carbocycles. The van der Waals surface area contributed by atoms with Gasteiger partial charge in [0.05, 0.1) is 34.7 Å². The van der Waals surface area contributed by atoms with Crippen molar-refractivity contribution in [2.24, 2.45) is 0 Å². The second kappa shape index (κ2) is 18.5. The van der Waals surface area contributed by atoms with Gasteiger partial charge in [0.2, 0.25) is 0 Å². The topological polar surface area (TPSA) is 50.7 Å².